The van der Waals surface area contributed by atoms with E-state index in [4.69, 9.17) is 0 Å². The van der Waals surface area contributed by atoms with Crippen LogP contribution in [0, 0.1) is 0 Å². The molecule has 4 nitrogen and oxygen atoms in total. The maximum absolute atomic E-state index is 4.57. The van der Waals surface area contributed by atoms with Gasteiger partial charge in [-0.15, -0.1) is 22.7 Å². The van der Waals surface area contributed by atoms with Gasteiger partial charge in [0.2, 0.25) is 0 Å². The van der Waals surface area contributed by atoms with Crippen molar-refractivity contribution < 1.29 is 0 Å². The Labute approximate surface area is 127 Å². The van der Waals surface area contributed by atoms with Gasteiger partial charge in [0.05, 0.1) is 17.1 Å². The zero-order valence-corrected chi connectivity index (χ0v) is 13.4. The molecule has 20 heavy (non-hydrogen) atoms. The third-order valence-corrected chi connectivity index (χ3v) is 5.45. The van der Waals surface area contributed by atoms with Gasteiger partial charge in [-0.05, 0) is 25.9 Å². The predicted octanol–water partition coefficient (Wildman–Crippen LogP) is 3.68. The fourth-order valence-electron chi connectivity index (χ4n) is 2.49. The lowest BCUT2D eigenvalue weighted by molar-refractivity contribution is 0.276. The van der Waals surface area contributed by atoms with E-state index in [1.807, 2.05) is 13.2 Å². The van der Waals surface area contributed by atoms with Crippen LogP contribution in [0.5, 0.6) is 0 Å². The SMILES string of the molecule is CNc1nc(-c2cnc(CN3CCCCCC3)s2)cs1. The first kappa shape index (κ1) is 14.0. The molecule has 1 saturated heterocycles. The minimum atomic E-state index is 0.961. The molecule has 0 aliphatic carbocycles. The van der Waals surface area contributed by atoms with E-state index in [-0.39, 0.29) is 0 Å². The van der Waals surface area contributed by atoms with Crippen LogP contribution in [-0.4, -0.2) is 35.0 Å². The summed E-state index contributed by atoms with van der Waals surface area (Å²) in [6.07, 6.45) is 7.38. The Kier molecular flexibility index (Phi) is 4.65. The maximum atomic E-state index is 4.57. The molecule has 1 N–H and O–H groups in total. The highest BCUT2D eigenvalue weighted by Crippen LogP contribution is 2.29. The topological polar surface area (TPSA) is 41.1 Å². The van der Waals surface area contributed by atoms with Gasteiger partial charge in [0.1, 0.15) is 5.01 Å². The Bertz CT molecular complexity index is 541. The number of likely N-dealkylation sites (tertiary alicyclic amines) is 1. The zero-order chi connectivity index (χ0) is 13.8. The standard InChI is InChI=1S/C14H20N4S2/c1-15-14-17-11(10-19-14)12-8-16-13(20-12)9-18-6-4-2-3-5-7-18/h8,10H,2-7,9H2,1H3,(H,15,17). The molecule has 1 aliphatic rings. The summed E-state index contributed by atoms with van der Waals surface area (Å²) in [7, 11) is 1.90. The summed E-state index contributed by atoms with van der Waals surface area (Å²) in [5.74, 6) is 0. The van der Waals surface area contributed by atoms with Gasteiger partial charge in [0.15, 0.2) is 5.13 Å². The normalized spacial score (nSPS) is 17.1. The molecule has 0 bridgehead atoms. The van der Waals surface area contributed by atoms with Crippen molar-refractivity contribution in [2.75, 3.05) is 25.5 Å². The molecule has 3 rings (SSSR count). The van der Waals surface area contributed by atoms with Gasteiger partial charge in [0, 0.05) is 18.6 Å². The summed E-state index contributed by atoms with van der Waals surface area (Å²) in [6.45, 7) is 3.43. The highest BCUT2D eigenvalue weighted by molar-refractivity contribution is 7.16. The number of nitrogens with one attached hydrogen (secondary N) is 1. The van der Waals surface area contributed by atoms with E-state index in [1.54, 1.807) is 22.7 Å². The highest BCUT2D eigenvalue weighted by Gasteiger charge is 2.13. The lowest BCUT2D eigenvalue weighted by atomic mass is 10.2. The van der Waals surface area contributed by atoms with Gasteiger partial charge in [0.25, 0.3) is 0 Å². The summed E-state index contributed by atoms with van der Waals surface area (Å²) < 4.78 is 0. The van der Waals surface area contributed by atoms with Gasteiger partial charge in [-0.3, -0.25) is 4.90 Å². The van der Waals surface area contributed by atoms with E-state index in [0.717, 1.165) is 17.4 Å². The second-order valence-electron chi connectivity index (χ2n) is 5.10. The van der Waals surface area contributed by atoms with E-state index in [2.05, 4.69) is 25.6 Å². The summed E-state index contributed by atoms with van der Waals surface area (Å²) in [4.78, 5) is 12.8. The van der Waals surface area contributed by atoms with Crippen LogP contribution in [0.25, 0.3) is 10.6 Å². The largest absolute Gasteiger partial charge is 0.365 e. The molecule has 108 valence electrons. The van der Waals surface area contributed by atoms with Crippen molar-refractivity contribution in [3.8, 4) is 10.6 Å². The summed E-state index contributed by atoms with van der Waals surface area (Å²) >= 11 is 3.41. The van der Waals surface area contributed by atoms with Gasteiger partial charge in [-0.25, -0.2) is 9.97 Å². The van der Waals surface area contributed by atoms with Gasteiger partial charge < -0.3 is 5.32 Å². The van der Waals surface area contributed by atoms with Gasteiger partial charge in [-0.1, -0.05) is 12.8 Å². The van der Waals surface area contributed by atoms with E-state index < -0.39 is 0 Å². The predicted molar refractivity (Wildman–Crippen MR) is 86.5 cm³/mol. The first-order chi connectivity index (χ1) is 9.85. The van der Waals surface area contributed by atoms with E-state index in [0.29, 0.717) is 0 Å². The van der Waals surface area contributed by atoms with Crippen LogP contribution in [0.2, 0.25) is 0 Å². The van der Waals surface area contributed by atoms with Crippen molar-refractivity contribution in [2.24, 2.45) is 0 Å². The zero-order valence-electron chi connectivity index (χ0n) is 11.8. The molecule has 2 aromatic rings. The van der Waals surface area contributed by atoms with Crippen LogP contribution in [-0.2, 0) is 6.54 Å². The van der Waals surface area contributed by atoms with Crippen molar-refractivity contribution in [1.82, 2.24) is 14.9 Å². The molecule has 0 radical (unpaired) electrons. The van der Waals surface area contributed by atoms with Crippen LogP contribution in [0.15, 0.2) is 11.6 Å². The maximum Gasteiger partial charge on any atom is 0.182 e. The molecule has 0 unspecified atom stereocenters. The van der Waals surface area contributed by atoms with Gasteiger partial charge >= 0.3 is 0 Å². The Morgan fingerprint density at radius 3 is 2.75 bits per heavy atom. The summed E-state index contributed by atoms with van der Waals surface area (Å²) in [5, 5.41) is 7.34. The monoisotopic (exact) mass is 308 g/mol. The Balaban J connectivity index is 1.66. The van der Waals surface area contributed by atoms with Crippen LogP contribution in [0.4, 0.5) is 5.13 Å². The molecule has 0 saturated carbocycles. The third-order valence-electron chi connectivity index (χ3n) is 3.58. The molecule has 3 heterocycles. The quantitative estimate of drug-likeness (QED) is 0.935. The first-order valence-electron chi connectivity index (χ1n) is 7.16. The number of hydrogen-bond donors (Lipinski definition) is 1. The Morgan fingerprint density at radius 2 is 2.05 bits per heavy atom. The van der Waals surface area contributed by atoms with Crippen molar-refractivity contribution in [1.29, 1.82) is 0 Å². The van der Waals surface area contributed by atoms with Gasteiger partial charge in [-0.2, -0.15) is 0 Å². The average Bonchev–Trinajstić information content (AvgIpc) is 3.04. The minimum absolute atomic E-state index is 0.961. The van der Waals surface area contributed by atoms with E-state index in [9.17, 15) is 0 Å². The van der Waals surface area contributed by atoms with E-state index >= 15 is 0 Å². The molecular weight excluding hydrogens is 288 g/mol. The molecule has 6 heteroatoms. The Morgan fingerprint density at radius 1 is 1.25 bits per heavy atom. The van der Waals surface area contributed by atoms with Crippen LogP contribution in [0.3, 0.4) is 0 Å². The lowest BCUT2D eigenvalue weighted by Crippen LogP contribution is -2.23. The molecule has 1 aliphatic heterocycles. The van der Waals surface area contributed by atoms with Crippen molar-refractivity contribution in [3.63, 3.8) is 0 Å². The van der Waals surface area contributed by atoms with Crippen molar-refractivity contribution in [3.05, 3.63) is 16.6 Å². The van der Waals surface area contributed by atoms with Crippen LogP contribution < -0.4 is 5.32 Å². The Hall–Kier alpha value is -0.980. The van der Waals surface area contributed by atoms with Crippen molar-refractivity contribution >= 4 is 27.8 Å². The second kappa shape index (κ2) is 6.65. The number of anilines is 1. The molecule has 0 amide bonds. The molecule has 2 aromatic heterocycles. The average molecular weight is 308 g/mol. The summed E-state index contributed by atoms with van der Waals surface area (Å²) in [5.41, 5.74) is 1.04. The third kappa shape index (κ3) is 3.37. The number of hydrogen-bond acceptors (Lipinski definition) is 6. The van der Waals surface area contributed by atoms with E-state index in [1.165, 1.54) is 48.7 Å². The molecule has 0 aromatic carbocycles. The number of rotatable bonds is 4. The summed E-state index contributed by atoms with van der Waals surface area (Å²) in [6, 6.07) is 0. The smallest absolute Gasteiger partial charge is 0.182 e. The molecular formula is C14H20N4S2. The van der Waals surface area contributed by atoms with Crippen LogP contribution in [0.1, 0.15) is 30.7 Å². The molecule has 1 fully saturated rings. The number of nitrogens with zero attached hydrogens (tertiary/aromatic N) is 3. The fourth-order valence-corrected chi connectivity index (χ4v) is 4.16. The minimum Gasteiger partial charge on any atom is -0.365 e. The van der Waals surface area contributed by atoms with Crippen LogP contribution >= 0.6 is 22.7 Å². The lowest BCUT2D eigenvalue weighted by Gasteiger charge is -2.17. The molecule has 0 atom stereocenters. The fraction of sp³-hybridized carbons (Fsp3) is 0.571. The second-order valence-corrected chi connectivity index (χ2v) is 7.07. The molecule has 0 spiro atoms. The first-order valence-corrected chi connectivity index (χ1v) is 8.85. The highest BCUT2D eigenvalue weighted by atomic mass is 32.1. The number of aromatic nitrogens is 2. The number of thiazole rings is 2. The van der Waals surface area contributed by atoms with Crippen molar-refractivity contribution in [2.45, 2.75) is 32.2 Å².